The quantitative estimate of drug-likeness (QED) is 0.0177. The molecule has 0 radical (unpaired) electrons. The largest absolute Gasteiger partial charge is 0.390 e. The highest BCUT2D eigenvalue weighted by Gasteiger charge is 2.21. The average Bonchev–Trinajstić information content (AvgIpc) is 1.60. The van der Waals surface area contributed by atoms with E-state index in [-0.39, 0.29) is 0 Å². The number of aliphatic hydroxyl groups excluding tert-OH is 2. The van der Waals surface area contributed by atoms with Crippen LogP contribution < -0.4 is 20.0 Å². The number of hydrogen-bond acceptors (Lipinski definition) is 16. The third-order valence-corrected chi connectivity index (χ3v) is 27.6. The molecule has 0 amide bonds. The van der Waals surface area contributed by atoms with Gasteiger partial charge >= 0.3 is 0 Å². The van der Waals surface area contributed by atoms with E-state index in [0.717, 1.165) is 131 Å². The fraction of sp³-hybridized carbons (Fsp3) is 0.0566. The second kappa shape index (κ2) is 39.9. The lowest BCUT2D eigenvalue weighted by molar-refractivity contribution is 0.181. The predicted molar refractivity (Wildman–Crippen MR) is 529 cm³/mol. The number of rotatable bonds is 33. The molecule has 18 heteroatoms. The summed E-state index contributed by atoms with van der Waals surface area (Å²) in [5.74, 6) is 1.04. The molecule has 18 aromatic rings. The molecule has 2 heterocycles. The molecule has 16 aromatic carbocycles. The zero-order valence-corrected chi connectivity index (χ0v) is 72.3. The molecule has 2 aromatic heterocycles. The highest BCUT2D eigenvalue weighted by molar-refractivity contribution is 8.76. The first kappa shape index (κ1) is 82.0. The van der Waals surface area contributed by atoms with Crippen molar-refractivity contribution in [3.8, 4) is 0 Å². The summed E-state index contributed by atoms with van der Waals surface area (Å²) >= 11 is 6.82. The van der Waals surface area contributed by atoms with E-state index in [1.165, 1.54) is 19.6 Å². The Morgan fingerprint density at radius 3 is 0.637 bits per heavy atom. The average molecular weight is 1720 g/mol. The Bertz CT molecular complexity index is 5840. The highest BCUT2D eigenvalue weighted by atomic mass is 33.1. The van der Waals surface area contributed by atoms with Crippen LogP contribution in [0.4, 0.5) is 45.5 Å². The summed E-state index contributed by atoms with van der Waals surface area (Å²) in [7, 11) is 3.51. The molecule has 0 aliphatic rings. The Morgan fingerprint density at radius 1 is 0.234 bits per heavy atom. The fourth-order valence-corrected chi connectivity index (χ4v) is 20.0. The number of hydrazone groups is 4. The van der Waals surface area contributed by atoms with Crippen LogP contribution in [0.1, 0.15) is 22.3 Å². The lowest BCUT2D eigenvalue weighted by Crippen LogP contribution is -2.18. The molecule has 0 saturated carbocycles. The lowest BCUT2D eigenvalue weighted by atomic mass is 10.1. The van der Waals surface area contributed by atoms with Crippen molar-refractivity contribution in [3.63, 3.8) is 0 Å². The number of aromatic nitrogens is 2. The van der Waals surface area contributed by atoms with Gasteiger partial charge in [-0.2, -0.15) is 20.4 Å². The molecule has 18 rings (SSSR count). The van der Waals surface area contributed by atoms with E-state index in [9.17, 15) is 10.2 Å². The first-order chi connectivity index (χ1) is 61.2. The van der Waals surface area contributed by atoms with Crippen molar-refractivity contribution in [2.45, 2.75) is 64.5 Å². The molecule has 0 saturated heterocycles. The maximum absolute atomic E-state index is 11.9. The first-order valence-electron chi connectivity index (χ1n) is 40.9. The van der Waals surface area contributed by atoms with E-state index in [4.69, 9.17) is 20.4 Å². The van der Waals surface area contributed by atoms with Gasteiger partial charge in [-0.25, -0.2) is 20.0 Å². The van der Waals surface area contributed by atoms with Gasteiger partial charge in [0.2, 0.25) is 0 Å². The van der Waals surface area contributed by atoms with Gasteiger partial charge in [-0.1, -0.05) is 215 Å². The second-order valence-corrected chi connectivity index (χ2v) is 36.2. The molecule has 606 valence electrons. The summed E-state index contributed by atoms with van der Waals surface area (Å²) in [6.07, 6.45) is 6.41. The monoisotopic (exact) mass is 1720 g/mol. The van der Waals surface area contributed by atoms with Crippen LogP contribution in [0, 0.1) is 0 Å². The van der Waals surface area contributed by atoms with Crippen molar-refractivity contribution in [2.24, 2.45) is 20.4 Å². The second-order valence-electron chi connectivity index (χ2n) is 29.4. The van der Waals surface area contributed by atoms with Crippen molar-refractivity contribution in [1.82, 2.24) is 9.13 Å². The molecule has 0 spiro atoms. The molecule has 0 aliphatic carbocycles. The van der Waals surface area contributed by atoms with Gasteiger partial charge in [0.15, 0.2) is 0 Å². The SMILES string of the molecule is OC(CSc1ccc(Sc2ccc(SSc3ccc(Sc4ccc(SCC(O)Cn5c6ccc(C=NN(c7ccccc7)c7ccccc7)cc6c6cc(C=NN(c7ccccc7)c7ccccc7)ccc65)cc4)cc3)cc2)cc1)Cn1c2ccc(C=NN(c3ccccc3)c3ccccc3)cc2c2cc(C=NN(c3ccccc3)c3ccccc3)ccc21. The van der Waals surface area contributed by atoms with Crippen LogP contribution in [0.15, 0.2) is 472 Å². The Hall–Kier alpha value is -13.0. The van der Waals surface area contributed by atoms with Gasteiger partial charge in [-0.15, -0.1) is 23.5 Å². The van der Waals surface area contributed by atoms with Gasteiger partial charge in [0.05, 0.1) is 82.6 Å². The summed E-state index contributed by atoms with van der Waals surface area (Å²) in [4.78, 5) is 9.21. The Labute approximate surface area is 747 Å². The maximum Gasteiger partial charge on any atom is 0.0813 e. The van der Waals surface area contributed by atoms with E-state index in [0.29, 0.717) is 24.6 Å². The van der Waals surface area contributed by atoms with E-state index < -0.39 is 12.2 Å². The van der Waals surface area contributed by atoms with Gasteiger partial charge in [0, 0.05) is 107 Å². The first-order valence-corrected chi connectivity index (χ1v) is 46.6. The minimum absolute atomic E-state index is 0.410. The van der Waals surface area contributed by atoms with Crippen molar-refractivity contribution in [3.05, 3.63) is 435 Å². The van der Waals surface area contributed by atoms with Gasteiger partial charge in [0.1, 0.15) is 0 Å². The standard InChI is InChI=1S/C106H84N10O2S6/c117-89(73-111-103-61-41-77(69-107-113(81-25-9-1-10-26-81)82-27-11-2-12-28-82)65-99(103)100-66-78(42-62-104(100)111)70-108-114(83-29-13-3-14-30-83)84-31-15-4-16-32-84)75-119-91-45-49-93(50-46-91)121-95-53-57-97(58-54-95)123-124-98-59-55-96(56-60-98)122-94-51-47-92(48-52-94)120-76-90(118)74-112-105-63-43-79(71-109-115(85-33-17-5-18-34-85)86-35-19-6-20-36-86)67-101(105)102-68-80(44-64-106(102)112)72-110-116(87-37-21-7-22-38-87)88-39-23-8-24-40-88/h1-72,89-90,117-118H,73-76H2. The Kier molecular flexibility index (Phi) is 26.4. The molecular weight excluding hydrogens is 1640 g/mol. The van der Waals surface area contributed by atoms with Crippen LogP contribution in [0.25, 0.3) is 43.6 Å². The molecule has 0 bridgehead atoms. The van der Waals surface area contributed by atoms with Crippen LogP contribution >= 0.6 is 68.6 Å². The third-order valence-electron chi connectivity index (χ3n) is 20.8. The van der Waals surface area contributed by atoms with Crippen molar-refractivity contribution >= 4 is 183 Å². The maximum atomic E-state index is 11.9. The van der Waals surface area contributed by atoms with Crippen molar-refractivity contribution < 1.29 is 10.2 Å². The summed E-state index contributed by atoms with van der Waals surface area (Å²) in [5, 5.41) is 56.2. The van der Waals surface area contributed by atoms with E-state index in [2.05, 4.69) is 276 Å². The predicted octanol–water partition coefficient (Wildman–Crippen LogP) is 28.0. The van der Waals surface area contributed by atoms with Crippen LogP contribution in [0.2, 0.25) is 0 Å². The summed E-state index contributed by atoms with van der Waals surface area (Å²) in [6, 6.07) is 142. The number of benzene rings is 16. The number of thioether (sulfide) groups is 2. The summed E-state index contributed by atoms with van der Waals surface area (Å²) < 4.78 is 4.51. The van der Waals surface area contributed by atoms with Crippen LogP contribution in [0.3, 0.4) is 0 Å². The molecule has 0 aliphatic heterocycles. The number of hydrogen-bond donors (Lipinski definition) is 2. The molecule has 12 nitrogen and oxygen atoms in total. The number of para-hydroxylation sites is 8. The lowest BCUT2D eigenvalue weighted by Gasteiger charge is -2.19. The Balaban J connectivity index is 0.481. The van der Waals surface area contributed by atoms with Gasteiger partial charge in [-0.3, -0.25) is 0 Å². The van der Waals surface area contributed by atoms with Crippen molar-refractivity contribution in [2.75, 3.05) is 31.5 Å². The number of fused-ring (bicyclic) bond motifs is 6. The fourth-order valence-electron chi connectivity index (χ4n) is 14.8. The van der Waals surface area contributed by atoms with Crippen molar-refractivity contribution in [1.29, 1.82) is 0 Å². The molecule has 0 fully saturated rings. The normalized spacial score (nSPS) is 12.2. The van der Waals surface area contributed by atoms with E-state index >= 15 is 0 Å². The molecule has 2 atom stereocenters. The van der Waals surface area contributed by atoms with Gasteiger partial charge in [-0.05, 0) is 265 Å². The Morgan fingerprint density at radius 2 is 0.427 bits per heavy atom. The van der Waals surface area contributed by atoms with Crippen LogP contribution in [0.5, 0.6) is 0 Å². The molecular formula is C106H84N10O2S6. The topological polar surface area (TPSA) is 113 Å². The van der Waals surface area contributed by atoms with E-state index in [1.807, 2.05) is 190 Å². The zero-order valence-electron chi connectivity index (χ0n) is 67.4. The number of anilines is 8. The van der Waals surface area contributed by atoms with Crippen LogP contribution in [-0.4, -0.2) is 67.9 Å². The minimum Gasteiger partial charge on any atom is -0.390 e. The number of nitrogens with zero attached hydrogens (tertiary/aromatic N) is 10. The number of aliphatic hydroxyl groups is 2. The molecule has 124 heavy (non-hydrogen) atoms. The highest BCUT2D eigenvalue weighted by Crippen LogP contribution is 2.42. The minimum atomic E-state index is -0.638. The van der Waals surface area contributed by atoms with Gasteiger partial charge in [0.25, 0.3) is 0 Å². The summed E-state index contributed by atoms with van der Waals surface area (Å²) in [6.45, 7) is 0.819. The zero-order chi connectivity index (χ0) is 83.6. The molecule has 2 unspecified atom stereocenters. The smallest absolute Gasteiger partial charge is 0.0813 e. The van der Waals surface area contributed by atoms with E-state index in [1.54, 1.807) is 68.6 Å². The third kappa shape index (κ3) is 20.4. The van der Waals surface area contributed by atoms with Crippen LogP contribution in [-0.2, 0) is 13.1 Å². The summed E-state index contributed by atoms with van der Waals surface area (Å²) in [5.41, 5.74) is 15.6. The molecule has 2 N–H and O–H groups in total. The van der Waals surface area contributed by atoms with Gasteiger partial charge < -0.3 is 19.3 Å².